The fourth-order valence-electron chi connectivity index (χ4n) is 3.81. The van der Waals surface area contributed by atoms with Crippen molar-refractivity contribution in [2.24, 2.45) is 0 Å². The Hall–Kier alpha value is -2.54. The topological polar surface area (TPSA) is 43.1 Å². The van der Waals surface area contributed by atoms with Crippen molar-refractivity contribution in [3.8, 4) is 0 Å². The van der Waals surface area contributed by atoms with Crippen molar-refractivity contribution in [2.45, 2.75) is 32.5 Å². The van der Waals surface area contributed by atoms with Crippen LogP contribution in [0.25, 0.3) is 11.2 Å². The van der Waals surface area contributed by atoms with E-state index >= 15 is 0 Å². The summed E-state index contributed by atoms with van der Waals surface area (Å²) in [5.74, 6) is -1.66. The number of rotatable bonds is 4. The second-order valence-electron chi connectivity index (χ2n) is 6.67. The van der Waals surface area contributed by atoms with Crippen molar-refractivity contribution in [3.63, 3.8) is 0 Å². The van der Waals surface area contributed by atoms with Crippen molar-refractivity contribution in [1.82, 2.24) is 19.0 Å². The van der Waals surface area contributed by atoms with Gasteiger partial charge in [-0.25, -0.2) is 18.6 Å². The molecular weight excluding hydrogens is 338 g/mol. The van der Waals surface area contributed by atoms with Gasteiger partial charge in [-0.3, -0.25) is 14.0 Å². The molecule has 2 aromatic heterocycles. The Kier molecular flexibility index (Phi) is 4.32. The lowest BCUT2D eigenvalue weighted by Crippen LogP contribution is -2.29. The number of benzene rings is 1. The normalized spacial score (nSPS) is 18.0. The number of halogens is 2. The summed E-state index contributed by atoms with van der Waals surface area (Å²) < 4.78 is 30.0. The highest BCUT2D eigenvalue weighted by atomic mass is 19.2. The smallest absolute Gasteiger partial charge is 0.297 e. The highest BCUT2D eigenvalue weighted by Crippen LogP contribution is 2.25. The van der Waals surface area contributed by atoms with E-state index in [0.717, 1.165) is 30.1 Å². The molecule has 0 amide bonds. The number of hydrogen-bond acceptors (Lipinski definition) is 3. The molecule has 0 saturated carbocycles. The molecule has 3 heterocycles. The molecule has 1 aromatic carbocycles. The van der Waals surface area contributed by atoms with E-state index in [2.05, 4.69) is 9.88 Å². The highest BCUT2D eigenvalue weighted by Gasteiger charge is 2.28. The zero-order valence-corrected chi connectivity index (χ0v) is 14.5. The summed E-state index contributed by atoms with van der Waals surface area (Å²) >= 11 is 0. The van der Waals surface area contributed by atoms with Gasteiger partial charge in [0.1, 0.15) is 0 Å². The average molecular weight is 358 g/mol. The molecule has 0 N–H and O–H groups in total. The first kappa shape index (κ1) is 16.9. The molecule has 7 heteroatoms. The van der Waals surface area contributed by atoms with Crippen LogP contribution in [0.1, 0.15) is 24.9 Å². The lowest BCUT2D eigenvalue weighted by Gasteiger charge is -2.16. The van der Waals surface area contributed by atoms with Crippen LogP contribution in [0.5, 0.6) is 0 Å². The summed E-state index contributed by atoms with van der Waals surface area (Å²) in [7, 11) is 0. The molecule has 0 aliphatic carbocycles. The SMILES string of the molecule is CCn1c(=O)n([C@@H]2CCN(Cc3ccc(F)c(F)c3)C2)c2ncccc21. The quantitative estimate of drug-likeness (QED) is 0.720. The van der Waals surface area contributed by atoms with Crippen LogP contribution in [0.3, 0.4) is 0 Å². The summed E-state index contributed by atoms with van der Waals surface area (Å²) in [4.78, 5) is 19.4. The molecule has 5 nitrogen and oxygen atoms in total. The number of imidazole rings is 1. The largest absolute Gasteiger partial charge is 0.330 e. The fraction of sp³-hybridized carbons (Fsp3) is 0.368. The molecule has 0 radical (unpaired) electrons. The number of pyridine rings is 1. The summed E-state index contributed by atoms with van der Waals surface area (Å²) in [6, 6.07) is 7.77. The summed E-state index contributed by atoms with van der Waals surface area (Å²) in [5.41, 5.74) is 2.24. The van der Waals surface area contributed by atoms with Gasteiger partial charge in [0, 0.05) is 32.4 Å². The predicted octanol–water partition coefficient (Wildman–Crippen LogP) is 2.94. The van der Waals surface area contributed by atoms with Gasteiger partial charge in [0.05, 0.1) is 11.6 Å². The molecule has 136 valence electrons. The number of aryl methyl sites for hydroxylation is 1. The van der Waals surface area contributed by atoms with E-state index in [1.165, 1.54) is 6.07 Å². The lowest BCUT2D eigenvalue weighted by molar-refractivity contribution is 0.314. The molecular formula is C19H20F2N4O. The van der Waals surface area contributed by atoms with Gasteiger partial charge in [-0.2, -0.15) is 0 Å². The van der Waals surface area contributed by atoms with Gasteiger partial charge in [0.15, 0.2) is 17.3 Å². The van der Waals surface area contributed by atoms with E-state index in [1.807, 2.05) is 19.1 Å². The summed E-state index contributed by atoms with van der Waals surface area (Å²) in [5, 5.41) is 0. The van der Waals surface area contributed by atoms with Crippen LogP contribution >= 0.6 is 0 Å². The minimum atomic E-state index is -0.835. The third-order valence-electron chi connectivity index (χ3n) is 5.04. The van der Waals surface area contributed by atoms with Gasteiger partial charge in [0.25, 0.3) is 0 Å². The lowest BCUT2D eigenvalue weighted by atomic mass is 10.2. The fourth-order valence-corrected chi connectivity index (χ4v) is 3.81. The maximum Gasteiger partial charge on any atom is 0.330 e. The van der Waals surface area contributed by atoms with E-state index < -0.39 is 11.6 Å². The van der Waals surface area contributed by atoms with Crippen molar-refractivity contribution in [1.29, 1.82) is 0 Å². The van der Waals surface area contributed by atoms with Crippen molar-refractivity contribution < 1.29 is 8.78 Å². The van der Waals surface area contributed by atoms with Gasteiger partial charge in [-0.15, -0.1) is 0 Å². The van der Waals surface area contributed by atoms with Crippen molar-refractivity contribution >= 4 is 11.2 Å². The summed E-state index contributed by atoms with van der Waals surface area (Å²) in [6.45, 7) is 4.55. The van der Waals surface area contributed by atoms with Gasteiger partial charge in [0.2, 0.25) is 0 Å². The van der Waals surface area contributed by atoms with Gasteiger partial charge in [-0.1, -0.05) is 6.07 Å². The highest BCUT2D eigenvalue weighted by molar-refractivity contribution is 5.71. The maximum atomic E-state index is 13.4. The third-order valence-corrected chi connectivity index (χ3v) is 5.04. The van der Waals surface area contributed by atoms with Gasteiger partial charge >= 0.3 is 5.69 Å². The Morgan fingerprint density at radius 2 is 2.08 bits per heavy atom. The first-order chi connectivity index (χ1) is 12.6. The van der Waals surface area contributed by atoms with E-state index in [1.54, 1.807) is 21.4 Å². The number of nitrogens with zero attached hydrogens (tertiary/aromatic N) is 4. The minimum Gasteiger partial charge on any atom is -0.297 e. The van der Waals surface area contributed by atoms with E-state index in [0.29, 0.717) is 25.3 Å². The first-order valence-corrected chi connectivity index (χ1v) is 8.80. The Morgan fingerprint density at radius 3 is 2.85 bits per heavy atom. The standard InChI is InChI=1S/C19H20F2N4O/c1-2-24-17-4-3-8-22-18(17)25(19(24)26)14-7-9-23(12-14)11-13-5-6-15(20)16(21)10-13/h3-6,8,10,14H,2,7,9,11-12H2,1H3/t14-/m1/s1. The van der Waals surface area contributed by atoms with Gasteiger partial charge < -0.3 is 0 Å². The Morgan fingerprint density at radius 1 is 1.23 bits per heavy atom. The van der Waals surface area contributed by atoms with E-state index in [4.69, 9.17) is 0 Å². The Bertz CT molecular complexity index is 1010. The van der Waals surface area contributed by atoms with Crippen LogP contribution in [-0.2, 0) is 13.1 Å². The summed E-state index contributed by atoms with van der Waals surface area (Å²) in [6.07, 6.45) is 2.52. The monoisotopic (exact) mass is 358 g/mol. The van der Waals surface area contributed by atoms with Crippen LogP contribution in [0.4, 0.5) is 8.78 Å². The van der Waals surface area contributed by atoms with Crippen LogP contribution < -0.4 is 5.69 Å². The Labute approximate surface area is 149 Å². The average Bonchev–Trinajstić information content (AvgIpc) is 3.19. The Balaban J connectivity index is 1.59. The molecule has 0 unspecified atom stereocenters. The molecule has 1 fully saturated rings. The molecule has 4 rings (SSSR count). The van der Waals surface area contributed by atoms with E-state index in [9.17, 15) is 13.6 Å². The molecule has 0 spiro atoms. The molecule has 1 atom stereocenters. The molecule has 0 bridgehead atoms. The van der Waals surface area contributed by atoms with Gasteiger partial charge in [-0.05, 0) is 43.2 Å². The van der Waals surface area contributed by atoms with Crippen molar-refractivity contribution in [2.75, 3.05) is 13.1 Å². The second-order valence-corrected chi connectivity index (χ2v) is 6.67. The second kappa shape index (κ2) is 6.64. The zero-order valence-electron chi connectivity index (χ0n) is 14.5. The first-order valence-electron chi connectivity index (χ1n) is 8.80. The minimum absolute atomic E-state index is 0.0259. The zero-order chi connectivity index (χ0) is 18.3. The van der Waals surface area contributed by atoms with Crippen molar-refractivity contribution in [3.05, 3.63) is 64.2 Å². The number of fused-ring (bicyclic) bond motifs is 1. The number of likely N-dealkylation sites (tertiary alicyclic amines) is 1. The van der Waals surface area contributed by atoms with Crippen LogP contribution in [0.15, 0.2) is 41.3 Å². The molecule has 3 aromatic rings. The number of aromatic nitrogens is 3. The van der Waals surface area contributed by atoms with Crippen LogP contribution in [-0.4, -0.2) is 32.1 Å². The molecule has 1 aliphatic rings. The molecule has 26 heavy (non-hydrogen) atoms. The molecule has 1 saturated heterocycles. The molecule has 1 aliphatic heterocycles. The van der Waals surface area contributed by atoms with Crippen LogP contribution in [0.2, 0.25) is 0 Å². The maximum absolute atomic E-state index is 13.4. The predicted molar refractivity (Wildman–Crippen MR) is 95.0 cm³/mol. The number of hydrogen-bond donors (Lipinski definition) is 0. The third kappa shape index (κ3) is 2.82. The van der Waals surface area contributed by atoms with Crippen LogP contribution in [0, 0.1) is 11.6 Å². The van der Waals surface area contributed by atoms with E-state index in [-0.39, 0.29) is 11.7 Å².